The van der Waals surface area contributed by atoms with E-state index in [0.29, 0.717) is 0 Å². The maximum atomic E-state index is 6.17. The molecule has 1 nitrogen and oxygen atoms in total. The van der Waals surface area contributed by atoms with Crippen LogP contribution in [0.4, 0.5) is 0 Å². The summed E-state index contributed by atoms with van der Waals surface area (Å²) in [4.78, 5) is 0. The number of rotatable bonds is 0. The molecule has 2 unspecified atom stereocenters. The number of fused-ring (bicyclic) bond motifs is 4. The van der Waals surface area contributed by atoms with Crippen molar-refractivity contribution in [1.82, 2.24) is 0 Å². The fraction of sp³-hybridized carbons (Fsp3) is 0.571. The Morgan fingerprint density at radius 2 is 2.27 bits per heavy atom. The van der Waals surface area contributed by atoms with Gasteiger partial charge in [0.2, 0.25) is 0 Å². The zero-order valence-electron chi connectivity index (χ0n) is 9.55. The van der Waals surface area contributed by atoms with Crippen molar-refractivity contribution in [2.45, 2.75) is 51.0 Å². The van der Waals surface area contributed by atoms with E-state index in [9.17, 15) is 0 Å². The fourth-order valence-electron chi connectivity index (χ4n) is 3.14. The van der Waals surface area contributed by atoms with Gasteiger partial charge in [0.1, 0.15) is 11.4 Å². The zero-order chi connectivity index (χ0) is 10.5. The summed E-state index contributed by atoms with van der Waals surface area (Å²) in [5.74, 6) is 1.89. The topological polar surface area (TPSA) is 9.23 Å². The highest BCUT2D eigenvalue weighted by Crippen LogP contribution is 2.48. The predicted molar refractivity (Wildman–Crippen MR) is 61.4 cm³/mol. The summed E-state index contributed by atoms with van der Waals surface area (Å²) in [6, 6.07) is 6.67. The predicted octanol–water partition coefficient (Wildman–Crippen LogP) is 3.80. The maximum absolute atomic E-state index is 6.17. The summed E-state index contributed by atoms with van der Waals surface area (Å²) in [6.45, 7) is 4.40. The van der Waals surface area contributed by atoms with E-state index in [1.165, 1.54) is 36.8 Å². The lowest BCUT2D eigenvalue weighted by atomic mass is 9.73. The first-order valence-electron chi connectivity index (χ1n) is 5.96. The Labute approximate surface area is 91.5 Å². The number of hydrogen-bond acceptors (Lipinski definition) is 1. The zero-order valence-corrected chi connectivity index (χ0v) is 9.55. The van der Waals surface area contributed by atoms with E-state index in [4.69, 9.17) is 4.74 Å². The van der Waals surface area contributed by atoms with Gasteiger partial charge in [-0.25, -0.2) is 0 Å². The van der Waals surface area contributed by atoms with Crippen LogP contribution in [0.15, 0.2) is 18.2 Å². The Balaban J connectivity index is 2.09. The van der Waals surface area contributed by atoms with Gasteiger partial charge in [0, 0.05) is 0 Å². The minimum atomic E-state index is 0.115. The molecule has 1 aliphatic heterocycles. The van der Waals surface area contributed by atoms with Gasteiger partial charge in [-0.2, -0.15) is 0 Å². The van der Waals surface area contributed by atoms with Crippen LogP contribution < -0.4 is 4.74 Å². The van der Waals surface area contributed by atoms with Crippen LogP contribution in [0.2, 0.25) is 0 Å². The first-order chi connectivity index (χ1) is 7.16. The molecular weight excluding hydrogens is 184 g/mol. The fourth-order valence-corrected chi connectivity index (χ4v) is 3.14. The molecule has 0 N–H and O–H groups in total. The van der Waals surface area contributed by atoms with Crippen molar-refractivity contribution in [3.05, 3.63) is 29.3 Å². The maximum Gasteiger partial charge on any atom is 0.123 e. The molecule has 1 aliphatic carbocycles. The molecule has 0 saturated heterocycles. The molecule has 2 bridgehead atoms. The average Bonchev–Trinajstić information content (AvgIpc) is 2.15. The van der Waals surface area contributed by atoms with Gasteiger partial charge in [0.25, 0.3) is 0 Å². The van der Waals surface area contributed by atoms with Crippen LogP contribution >= 0.6 is 0 Å². The number of hydrogen-bond donors (Lipinski definition) is 0. The average molecular weight is 202 g/mol. The molecule has 1 fully saturated rings. The normalized spacial score (nSPS) is 33.1. The van der Waals surface area contributed by atoms with E-state index in [-0.39, 0.29) is 5.60 Å². The first kappa shape index (κ1) is 9.26. The summed E-state index contributed by atoms with van der Waals surface area (Å²) in [5.41, 5.74) is 2.86. The van der Waals surface area contributed by atoms with Gasteiger partial charge in [0.05, 0.1) is 0 Å². The molecule has 2 aliphatic rings. The van der Waals surface area contributed by atoms with Crippen LogP contribution in [-0.2, 0) is 0 Å². The van der Waals surface area contributed by atoms with Crippen LogP contribution in [-0.4, -0.2) is 5.60 Å². The third-order valence-corrected chi connectivity index (χ3v) is 3.90. The lowest BCUT2D eigenvalue weighted by molar-refractivity contribution is 0.0212. The Bertz CT molecular complexity index is 396. The van der Waals surface area contributed by atoms with Crippen molar-refractivity contribution in [3.8, 4) is 5.75 Å². The number of benzene rings is 1. The molecule has 1 heteroatoms. The summed E-state index contributed by atoms with van der Waals surface area (Å²) in [7, 11) is 0. The molecule has 0 radical (unpaired) electrons. The largest absolute Gasteiger partial charge is 0.487 e. The van der Waals surface area contributed by atoms with E-state index >= 15 is 0 Å². The van der Waals surface area contributed by atoms with Crippen LogP contribution in [0.5, 0.6) is 5.75 Å². The standard InChI is InChI=1S/C14H18O/c1-10-5-6-12-11-4-3-7-14(2,9-11)15-13(12)8-10/h5-6,8,11H,3-4,7,9H2,1-2H3. The summed E-state index contributed by atoms with van der Waals surface area (Å²) < 4.78 is 6.17. The summed E-state index contributed by atoms with van der Waals surface area (Å²) in [6.07, 6.45) is 5.09. The van der Waals surface area contributed by atoms with Gasteiger partial charge in [-0.1, -0.05) is 12.1 Å². The minimum Gasteiger partial charge on any atom is -0.487 e. The van der Waals surface area contributed by atoms with Crippen molar-refractivity contribution in [2.75, 3.05) is 0 Å². The molecule has 1 saturated carbocycles. The summed E-state index contributed by atoms with van der Waals surface area (Å²) >= 11 is 0. The monoisotopic (exact) mass is 202 g/mol. The third-order valence-electron chi connectivity index (χ3n) is 3.90. The molecule has 1 heterocycles. The molecule has 15 heavy (non-hydrogen) atoms. The second-order valence-corrected chi connectivity index (χ2v) is 5.39. The quantitative estimate of drug-likeness (QED) is 0.621. The molecule has 0 amide bonds. The molecule has 2 atom stereocenters. The molecular formula is C14H18O. The lowest BCUT2D eigenvalue weighted by Gasteiger charge is -2.44. The Morgan fingerprint density at radius 1 is 1.40 bits per heavy atom. The lowest BCUT2D eigenvalue weighted by Crippen LogP contribution is -2.40. The van der Waals surface area contributed by atoms with Gasteiger partial charge < -0.3 is 4.74 Å². The third kappa shape index (κ3) is 1.45. The van der Waals surface area contributed by atoms with Crippen molar-refractivity contribution in [2.24, 2.45) is 0 Å². The summed E-state index contributed by atoms with van der Waals surface area (Å²) in [5, 5.41) is 0. The Morgan fingerprint density at radius 3 is 3.13 bits per heavy atom. The van der Waals surface area contributed by atoms with Crippen LogP contribution in [0.25, 0.3) is 0 Å². The van der Waals surface area contributed by atoms with E-state index in [1.54, 1.807) is 0 Å². The Kier molecular flexibility index (Phi) is 1.86. The first-order valence-corrected chi connectivity index (χ1v) is 5.96. The molecule has 3 rings (SSSR count). The van der Waals surface area contributed by atoms with Crippen molar-refractivity contribution in [1.29, 1.82) is 0 Å². The smallest absolute Gasteiger partial charge is 0.123 e. The highest BCUT2D eigenvalue weighted by atomic mass is 16.5. The number of ether oxygens (including phenoxy) is 1. The van der Waals surface area contributed by atoms with Crippen LogP contribution in [0, 0.1) is 6.92 Å². The second-order valence-electron chi connectivity index (χ2n) is 5.39. The molecule has 0 aromatic heterocycles. The van der Waals surface area contributed by atoms with Gasteiger partial charge in [-0.15, -0.1) is 0 Å². The van der Waals surface area contributed by atoms with Crippen molar-refractivity contribution in [3.63, 3.8) is 0 Å². The number of aryl methyl sites for hydroxylation is 1. The van der Waals surface area contributed by atoms with E-state index in [0.717, 1.165) is 11.7 Å². The molecule has 1 aromatic rings. The second kappa shape index (κ2) is 3.01. The molecule has 80 valence electrons. The minimum absolute atomic E-state index is 0.115. The molecule has 0 spiro atoms. The van der Waals surface area contributed by atoms with Crippen molar-refractivity contribution < 1.29 is 4.74 Å². The van der Waals surface area contributed by atoms with Crippen LogP contribution in [0.1, 0.15) is 49.7 Å². The van der Waals surface area contributed by atoms with Gasteiger partial charge in [-0.3, -0.25) is 0 Å². The van der Waals surface area contributed by atoms with Crippen molar-refractivity contribution >= 4 is 0 Å². The van der Waals surface area contributed by atoms with E-state index in [2.05, 4.69) is 32.0 Å². The van der Waals surface area contributed by atoms with Crippen LogP contribution in [0.3, 0.4) is 0 Å². The Hall–Kier alpha value is -0.980. The molecule has 1 aromatic carbocycles. The highest BCUT2D eigenvalue weighted by molar-refractivity contribution is 5.42. The van der Waals surface area contributed by atoms with E-state index in [1.807, 2.05) is 0 Å². The highest BCUT2D eigenvalue weighted by Gasteiger charge is 2.39. The van der Waals surface area contributed by atoms with Gasteiger partial charge in [-0.05, 0) is 62.6 Å². The SMILES string of the molecule is Cc1ccc2c(c1)OC1(C)CCCC2C1. The van der Waals surface area contributed by atoms with Gasteiger partial charge >= 0.3 is 0 Å². The van der Waals surface area contributed by atoms with Gasteiger partial charge in [0.15, 0.2) is 0 Å². The van der Waals surface area contributed by atoms with E-state index < -0.39 is 0 Å².